The molecular weight excluding hydrogens is 514 g/mol. The molecule has 2 aliphatic rings. The van der Waals surface area contributed by atoms with E-state index in [1.54, 1.807) is 24.5 Å². The van der Waals surface area contributed by atoms with Crippen LogP contribution in [0.15, 0.2) is 67.0 Å². The van der Waals surface area contributed by atoms with Gasteiger partial charge in [-0.15, -0.1) is 0 Å². The summed E-state index contributed by atoms with van der Waals surface area (Å²) in [7, 11) is 0. The number of rotatable bonds is 6. The number of aromatic nitrogens is 2. The number of hydrogen-bond donors (Lipinski definition) is 0. The van der Waals surface area contributed by atoms with Gasteiger partial charge in [0.15, 0.2) is 0 Å². The molecule has 2 aromatic heterocycles. The van der Waals surface area contributed by atoms with Crippen molar-refractivity contribution in [1.82, 2.24) is 14.9 Å². The predicted octanol–water partition coefficient (Wildman–Crippen LogP) is 5.66. The van der Waals surface area contributed by atoms with Crippen LogP contribution in [0.3, 0.4) is 0 Å². The van der Waals surface area contributed by atoms with Gasteiger partial charge >= 0.3 is 0 Å². The zero-order chi connectivity index (χ0) is 26.0. The summed E-state index contributed by atoms with van der Waals surface area (Å²) in [4.78, 5) is 25.9. The van der Waals surface area contributed by atoms with E-state index in [-0.39, 0.29) is 18.4 Å². The topological polar surface area (TPSA) is 58.6 Å². The molecule has 1 amide bonds. The van der Waals surface area contributed by atoms with Crippen LogP contribution in [-0.2, 0) is 4.79 Å². The largest absolute Gasteiger partial charge is 0.477 e. The number of nitrogens with zero attached hydrogens (tertiary/aromatic N) is 4. The third-order valence-electron chi connectivity index (χ3n) is 7.46. The summed E-state index contributed by atoms with van der Waals surface area (Å²) < 4.78 is 21.4. The predicted molar refractivity (Wildman–Crippen MR) is 143 cm³/mol. The number of alkyl halides is 1. The van der Waals surface area contributed by atoms with E-state index in [0.29, 0.717) is 48.6 Å². The van der Waals surface area contributed by atoms with Crippen LogP contribution in [0.1, 0.15) is 24.8 Å². The highest BCUT2D eigenvalue weighted by atomic mass is 35.5. The van der Waals surface area contributed by atoms with Crippen molar-refractivity contribution in [3.63, 3.8) is 0 Å². The summed E-state index contributed by atoms with van der Waals surface area (Å²) in [5.74, 6) is 0.386. The number of amides is 1. The Kier molecular flexibility index (Phi) is 7.54. The van der Waals surface area contributed by atoms with Gasteiger partial charge in [0, 0.05) is 54.4 Å². The van der Waals surface area contributed by atoms with E-state index in [4.69, 9.17) is 27.9 Å². The van der Waals surface area contributed by atoms with Crippen molar-refractivity contribution in [3.05, 3.63) is 82.6 Å². The van der Waals surface area contributed by atoms with E-state index in [0.717, 1.165) is 11.4 Å². The lowest BCUT2D eigenvalue weighted by molar-refractivity contribution is -0.137. The van der Waals surface area contributed by atoms with Crippen molar-refractivity contribution >= 4 is 34.9 Å². The molecule has 37 heavy (non-hydrogen) atoms. The lowest BCUT2D eigenvalue weighted by atomic mass is 9.77. The molecule has 2 aliphatic heterocycles. The van der Waals surface area contributed by atoms with Crippen LogP contribution in [0, 0.1) is 11.3 Å². The number of ether oxygens (including phenoxy) is 1. The number of carbonyl (C=O) groups is 1. The second kappa shape index (κ2) is 10.8. The molecule has 0 aliphatic carbocycles. The van der Waals surface area contributed by atoms with E-state index in [9.17, 15) is 4.79 Å². The third kappa shape index (κ3) is 5.68. The summed E-state index contributed by atoms with van der Waals surface area (Å²) in [6, 6.07) is 16.7. The van der Waals surface area contributed by atoms with Crippen LogP contribution < -0.4 is 9.64 Å². The van der Waals surface area contributed by atoms with E-state index in [2.05, 4.69) is 16.9 Å². The zero-order valence-corrected chi connectivity index (χ0v) is 22.1. The average Bonchev–Trinajstić information content (AvgIpc) is 3.26. The fourth-order valence-electron chi connectivity index (χ4n) is 5.42. The van der Waals surface area contributed by atoms with Crippen molar-refractivity contribution in [2.24, 2.45) is 11.3 Å². The molecule has 1 aromatic carbocycles. The second-order valence-corrected chi connectivity index (χ2v) is 11.0. The minimum absolute atomic E-state index is 0.00677. The van der Waals surface area contributed by atoms with Crippen molar-refractivity contribution in [1.29, 1.82) is 0 Å². The van der Waals surface area contributed by atoms with Gasteiger partial charge in [0.05, 0.1) is 24.1 Å². The molecule has 4 atom stereocenters. The van der Waals surface area contributed by atoms with Crippen LogP contribution in [0.4, 0.5) is 10.2 Å². The number of carbonyl (C=O) groups excluding carboxylic acids is 1. The molecule has 2 fully saturated rings. The maximum absolute atomic E-state index is 15.4. The molecule has 9 heteroatoms. The molecule has 0 spiro atoms. The van der Waals surface area contributed by atoms with E-state index in [1.165, 1.54) is 0 Å². The van der Waals surface area contributed by atoms with Gasteiger partial charge in [-0.2, -0.15) is 0 Å². The summed E-state index contributed by atoms with van der Waals surface area (Å²) in [6.07, 6.45) is 2.42. The lowest BCUT2D eigenvalue weighted by Gasteiger charge is -2.36. The Balaban J connectivity index is 1.32. The number of hydrogen-bond acceptors (Lipinski definition) is 5. The Hall–Kier alpha value is -2.90. The molecule has 6 nitrogen and oxygen atoms in total. The smallest absolute Gasteiger partial charge is 0.228 e. The third-order valence-corrected chi connectivity index (χ3v) is 7.94. The van der Waals surface area contributed by atoms with Gasteiger partial charge < -0.3 is 14.5 Å². The normalized spacial score (nSPS) is 25.8. The first-order valence-corrected chi connectivity index (χ1v) is 13.2. The Morgan fingerprint density at radius 3 is 2.54 bits per heavy atom. The van der Waals surface area contributed by atoms with Crippen LogP contribution >= 0.6 is 23.2 Å². The average molecular weight is 543 g/mol. The second-order valence-electron chi connectivity index (χ2n) is 10.1. The van der Waals surface area contributed by atoms with Gasteiger partial charge in [-0.3, -0.25) is 4.79 Å². The first-order chi connectivity index (χ1) is 17.8. The summed E-state index contributed by atoms with van der Waals surface area (Å²) in [5.41, 5.74) is 0.655. The highest BCUT2D eigenvalue weighted by molar-refractivity contribution is 6.30. The number of piperidine rings is 1. The highest BCUT2D eigenvalue weighted by Crippen LogP contribution is 2.44. The number of benzene rings is 1. The van der Waals surface area contributed by atoms with Crippen LogP contribution in [0.2, 0.25) is 10.0 Å². The van der Waals surface area contributed by atoms with Gasteiger partial charge in [0.2, 0.25) is 11.8 Å². The quantitative estimate of drug-likeness (QED) is 0.402. The number of likely N-dealkylation sites (tertiary alicyclic amines) is 1. The molecule has 3 aromatic rings. The van der Waals surface area contributed by atoms with Crippen molar-refractivity contribution in [3.8, 4) is 5.88 Å². The van der Waals surface area contributed by atoms with Gasteiger partial charge in [0.25, 0.3) is 0 Å². The molecule has 5 rings (SSSR count). The molecule has 0 bridgehead atoms. The summed E-state index contributed by atoms with van der Waals surface area (Å²) in [5, 5.41) is 1.18. The van der Waals surface area contributed by atoms with E-state index in [1.807, 2.05) is 52.3 Å². The van der Waals surface area contributed by atoms with Crippen LogP contribution in [0.25, 0.3) is 0 Å². The maximum Gasteiger partial charge on any atom is 0.228 e. The SMILES string of the molecule is CC1(COc2ccc(Cl)cn2)CN(C(=O)C2CCN(c3ccccn3)CC2F)CC1c1ccc(Cl)cc1. The van der Waals surface area contributed by atoms with Gasteiger partial charge in [0.1, 0.15) is 12.0 Å². The molecular formula is C28H29Cl2FN4O2. The van der Waals surface area contributed by atoms with Crippen LogP contribution in [0.5, 0.6) is 5.88 Å². The summed E-state index contributed by atoms with van der Waals surface area (Å²) >= 11 is 12.1. The van der Waals surface area contributed by atoms with Gasteiger partial charge in [-0.1, -0.05) is 48.3 Å². The molecule has 2 saturated heterocycles. The number of anilines is 1. The van der Waals surface area contributed by atoms with E-state index >= 15 is 4.39 Å². The fraction of sp³-hybridized carbons (Fsp3) is 0.393. The minimum atomic E-state index is -1.27. The first kappa shape index (κ1) is 25.7. The monoisotopic (exact) mass is 542 g/mol. The Bertz CT molecular complexity index is 1220. The minimum Gasteiger partial charge on any atom is -0.477 e. The fourth-order valence-corrected chi connectivity index (χ4v) is 5.66. The van der Waals surface area contributed by atoms with E-state index < -0.39 is 17.5 Å². The molecule has 0 saturated carbocycles. The maximum atomic E-state index is 15.4. The lowest BCUT2D eigenvalue weighted by Crippen LogP contribution is -2.49. The van der Waals surface area contributed by atoms with Crippen molar-refractivity contribution < 1.29 is 13.9 Å². The van der Waals surface area contributed by atoms with Crippen molar-refractivity contribution in [2.75, 3.05) is 37.7 Å². The molecule has 0 N–H and O–H groups in total. The van der Waals surface area contributed by atoms with Gasteiger partial charge in [-0.05, 0) is 42.3 Å². The molecule has 194 valence electrons. The van der Waals surface area contributed by atoms with Gasteiger partial charge in [-0.25, -0.2) is 14.4 Å². The molecule has 0 radical (unpaired) electrons. The zero-order valence-electron chi connectivity index (χ0n) is 20.6. The summed E-state index contributed by atoms with van der Waals surface area (Å²) in [6.45, 7) is 4.14. The van der Waals surface area contributed by atoms with Crippen molar-refractivity contribution in [2.45, 2.75) is 25.4 Å². The Morgan fingerprint density at radius 1 is 1.08 bits per heavy atom. The first-order valence-electron chi connectivity index (χ1n) is 12.4. The molecule has 4 heterocycles. The standard InChI is InChI=1S/C28H29Cl2FN4O2/c1-28(18-37-26-10-9-21(30)14-33-26)17-35(15-23(28)19-5-7-20(29)8-6-19)27(36)22-11-13-34(16-24(22)31)25-4-2-3-12-32-25/h2-10,12,14,22-24H,11,13,15-18H2,1H3. The Labute approximate surface area is 226 Å². The van der Waals surface area contributed by atoms with Crippen LogP contribution in [-0.4, -0.2) is 59.7 Å². The number of pyridine rings is 2. The number of halogens is 3. The Morgan fingerprint density at radius 2 is 1.86 bits per heavy atom. The highest BCUT2D eigenvalue weighted by Gasteiger charge is 2.48. The molecule has 4 unspecified atom stereocenters.